The van der Waals surface area contributed by atoms with Crippen LogP contribution in [0.3, 0.4) is 0 Å². The molecule has 0 heterocycles. The van der Waals surface area contributed by atoms with Gasteiger partial charge in [-0.1, -0.05) is 12.1 Å². The SMILES string of the molecule is O=C(O)CCCOc1ccc(-c2cc(OC(F)(F)F)ccc2F)cc1. The van der Waals surface area contributed by atoms with Gasteiger partial charge in [0.05, 0.1) is 6.61 Å². The summed E-state index contributed by atoms with van der Waals surface area (Å²) in [4.78, 5) is 10.4. The van der Waals surface area contributed by atoms with Gasteiger partial charge in [-0.15, -0.1) is 13.2 Å². The molecule has 134 valence electrons. The second-order valence-corrected chi connectivity index (χ2v) is 5.06. The van der Waals surface area contributed by atoms with Crippen molar-refractivity contribution in [1.29, 1.82) is 0 Å². The van der Waals surface area contributed by atoms with E-state index in [9.17, 15) is 22.4 Å². The van der Waals surface area contributed by atoms with Crippen LogP contribution in [-0.4, -0.2) is 24.0 Å². The number of halogens is 4. The third-order valence-corrected chi connectivity index (χ3v) is 3.14. The average Bonchev–Trinajstić information content (AvgIpc) is 2.53. The fraction of sp³-hybridized carbons (Fsp3) is 0.235. The molecule has 0 saturated heterocycles. The van der Waals surface area contributed by atoms with Crippen LogP contribution < -0.4 is 9.47 Å². The number of hydrogen-bond donors (Lipinski definition) is 1. The van der Waals surface area contributed by atoms with Gasteiger partial charge in [0.25, 0.3) is 0 Å². The second kappa shape index (κ2) is 7.87. The van der Waals surface area contributed by atoms with E-state index in [1.807, 2.05) is 0 Å². The first kappa shape index (κ1) is 18.6. The van der Waals surface area contributed by atoms with Crippen LogP contribution in [0.25, 0.3) is 11.1 Å². The molecule has 0 radical (unpaired) electrons. The minimum Gasteiger partial charge on any atom is -0.494 e. The van der Waals surface area contributed by atoms with Gasteiger partial charge in [0.1, 0.15) is 17.3 Å². The van der Waals surface area contributed by atoms with Crippen LogP contribution in [-0.2, 0) is 4.79 Å². The largest absolute Gasteiger partial charge is 0.573 e. The normalized spacial score (nSPS) is 11.2. The Labute approximate surface area is 140 Å². The minimum absolute atomic E-state index is 0.0186. The molecule has 0 unspecified atom stereocenters. The summed E-state index contributed by atoms with van der Waals surface area (Å²) in [5.41, 5.74) is 0.308. The van der Waals surface area contributed by atoms with E-state index in [0.29, 0.717) is 17.7 Å². The lowest BCUT2D eigenvalue weighted by Crippen LogP contribution is -2.17. The molecule has 1 N–H and O–H groups in total. The first-order valence-corrected chi connectivity index (χ1v) is 7.25. The lowest BCUT2D eigenvalue weighted by Gasteiger charge is -2.11. The van der Waals surface area contributed by atoms with Gasteiger partial charge in [-0.25, -0.2) is 4.39 Å². The van der Waals surface area contributed by atoms with Crippen molar-refractivity contribution in [2.75, 3.05) is 6.61 Å². The molecule has 2 rings (SSSR count). The molecule has 0 bridgehead atoms. The third-order valence-electron chi connectivity index (χ3n) is 3.14. The van der Waals surface area contributed by atoms with Crippen molar-refractivity contribution >= 4 is 5.97 Å². The van der Waals surface area contributed by atoms with E-state index >= 15 is 0 Å². The first-order chi connectivity index (χ1) is 11.7. The standard InChI is InChI=1S/C17H14F4O4/c18-15-8-7-13(25-17(19,20)21)10-14(15)11-3-5-12(6-4-11)24-9-1-2-16(22)23/h3-8,10H,1-2,9H2,(H,22,23). The number of carbonyl (C=O) groups is 1. The third kappa shape index (κ3) is 5.98. The van der Waals surface area contributed by atoms with Crippen molar-refractivity contribution in [3.05, 3.63) is 48.3 Å². The van der Waals surface area contributed by atoms with Crippen LogP contribution in [0.2, 0.25) is 0 Å². The first-order valence-electron chi connectivity index (χ1n) is 7.25. The van der Waals surface area contributed by atoms with Crippen molar-refractivity contribution in [2.24, 2.45) is 0 Å². The van der Waals surface area contributed by atoms with Crippen molar-refractivity contribution in [1.82, 2.24) is 0 Å². The molecule has 0 fully saturated rings. The maximum absolute atomic E-state index is 13.9. The lowest BCUT2D eigenvalue weighted by molar-refractivity contribution is -0.274. The smallest absolute Gasteiger partial charge is 0.494 e. The maximum atomic E-state index is 13.9. The van der Waals surface area contributed by atoms with Gasteiger partial charge in [-0.2, -0.15) is 0 Å². The molecule has 0 aliphatic heterocycles. The van der Waals surface area contributed by atoms with E-state index in [4.69, 9.17) is 9.84 Å². The zero-order chi connectivity index (χ0) is 18.4. The number of rotatable bonds is 7. The molecule has 0 amide bonds. The average molecular weight is 358 g/mol. The van der Waals surface area contributed by atoms with Gasteiger partial charge in [-0.3, -0.25) is 4.79 Å². The second-order valence-electron chi connectivity index (χ2n) is 5.06. The Kier molecular flexibility index (Phi) is 5.84. The zero-order valence-electron chi connectivity index (χ0n) is 12.8. The number of hydrogen-bond acceptors (Lipinski definition) is 3. The number of ether oxygens (including phenoxy) is 2. The summed E-state index contributed by atoms with van der Waals surface area (Å²) in [6, 6.07) is 8.77. The quantitative estimate of drug-likeness (QED) is 0.579. The Balaban J connectivity index is 2.08. The van der Waals surface area contributed by atoms with Crippen LogP contribution in [0, 0.1) is 5.82 Å². The molecule has 8 heteroatoms. The van der Waals surface area contributed by atoms with Crippen molar-refractivity contribution in [3.63, 3.8) is 0 Å². The highest BCUT2D eigenvalue weighted by Crippen LogP contribution is 2.31. The lowest BCUT2D eigenvalue weighted by atomic mass is 10.0. The molecule has 25 heavy (non-hydrogen) atoms. The molecule has 0 atom stereocenters. The Hall–Kier alpha value is -2.77. The summed E-state index contributed by atoms with van der Waals surface area (Å²) in [5.74, 6) is -1.69. The van der Waals surface area contributed by atoms with E-state index in [1.165, 1.54) is 24.3 Å². The van der Waals surface area contributed by atoms with Crippen LogP contribution in [0.5, 0.6) is 11.5 Å². The van der Waals surface area contributed by atoms with Gasteiger partial charge in [0.15, 0.2) is 0 Å². The van der Waals surface area contributed by atoms with Gasteiger partial charge < -0.3 is 14.6 Å². The topological polar surface area (TPSA) is 55.8 Å². The molecule has 4 nitrogen and oxygen atoms in total. The fourth-order valence-corrected chi connectivity index (χ4v) is 2.07. The molecule has 0 saturated carbocycles. The molecule has 0 aliphatic rings. The molecule has 0 aromatic heterocycles. The van der Waals surface area contributed by atoms with Crippen molar-refractivity contribution in [3.8, 4) is 22.6 Å². The molecule has 0 aliphatic carbocycles. The highest BCUT2D eigenvalue weighted by atomic mass is 19.4. The Morgan fingerprint density at radius 1 is 1.04 bits per heavy atom. The summed E-state index contributed by atoms with van der Waals surface area (Å²) in [6.07, 6.45) is -4.54. The molecule has 2 aromatic rings. The maximum Gasteiger partial charge on any atom is 0.573 e. The Bertz CT molecular complexity index is 726. The number of carboxylic acids is 1. The summed E-state index contributed by atoms with van der Waals surface area (Å²) < 4.78 is 59.8. The summed E-state index contributed by atoms with van der Waals surface area (Å²) in [6.45, 7) is 0.203. The fourth-order valence-electron chi connectivity index (χ4n) is 2.07. The molecule has 0 spiro atoms. The zero-order valence-corrected chi connectivity index (χ0v) is 12.8. The van der Waals surface area contributed by atoms with Gasteiger partial charge >= 0.3 is 12.3 Å². The monoisotopic (exact) mass is 358 g/mol. The summed E-state index contributed by atoms with van der Waals surface area (Å²) in [7, 11) is 0. The van der Waals surface area contributed by atoms with E-state index in [-0.39, 0.29) is 18.6 Å². The van der Waals surface area contributed by atoms with Gasteiger partial charge in [0.2, 0.25) is 0 Å². The Morgan fingerprint density at radius 3 is 2.28 bits per heavy atom. The van der Waals surface area contributed by atoms with E-state index in [0.717, 1.165) is 18.2 Å². The molecule has 2 aromatic carbocycles. The van der Waals surface area contributed by atoms with E-state index in [1.54, 1.807) is 0 Å². The highest BCUT2D eigenvalue weighted by molar-refractivity contribution is 5.67. The number of alkyl halides is 3. The Morgan fingerprint density at radius 2 is 1.68 bits per heavy atom. The van der Waals surface area contributed by atoms with Crippen molar-refractivity contribution in [2.45, 2.75) is 19.2 Å². The van der Waals surface area contributed by atoms with Crippen LogP contribution in [0.4, 0.5) is 17.6 Å². The summed E-state index contributed by atoms with van der Waals surface area (Å²) in [5, 5.41) is 8.52. The predicted octanol–water partition coefficient (Wildman–Crippen LogP) is 4.63. The van der Waals surface area contributed by atoms with Gasteiger partial charge in [0, 0.05) is 12.0 Å². The number of carboxylic acid groups (broad SMARTS) is 1. The van der Waals surface area contributed by atoms with Crippen molar-refractivity contribution < 1.29 is 36.9 Å². The number of benzene rings is 2. The van der Waals surface area contributed by atoms with Gasteiger partial charge in [-0.05, 0) is 42.3 Å². The molecular weight excluding hydrogens is 344 g/mol. The van der Waals surface area contributed by atoms with Crippen LogP contribution >= 0.6 is 0 Å². The molecular formula is C17H14F4O4. The highest BCUT2D eigenvalue weighted by Gasteiger charge is 2.31. The number of aliphatic carboxylic acids is 1. The minimum atomic E-state index is -4.86. The van der Waals surface area contributed by atoms with Crippen LogP contribution in [0.15, 0.2) is 42.5 Å². The summed E-state index contributed by atoms with van der Waals surface area (Å²) >= 11 is 0. The predicted molar refractivity (Wildman–Crippen MR) is 80.9 cm³/mol. The van der Waals surface area contributed by atoms with E-state index < -0.39 is 23.9 Å². The van der Waals surface area contributed by atoms with Crippen LogP contribution in [0.1, 0.15) is 12.8 Å². The van der Waals surface area contributed by atoms with E-state index in [2.05, 4.69) is 4.74 Å².